The Morgan fingerprint density at radius 1 is 1.53 bits per heavy atom. The van der Waals surface area contributed by atoms with Gasteiger partial charge in [-0.05, 0) is 48.3 Å². The Bertz CT molecular complexity index is 350. The molecular formula is C11H18BrN3. The minimum absolute atomic E-state index is 0.0761. The van der Waals surface area contributed by atoms with Crippen molar-refractivity contribution in [2.45, 2.75) is 26.3 Å². The van der Waals surface area contributed by atoms with Crippen LogP contribution in [0.3, 0.4) is 0 Å². The molecule has 15 heavy (non-hydrogen) atoms. The molecule has 0 unspecified atom stereocenters. The molecule has 0 amide bonds. The largest absolute Gasteiger partial charge is 0.353 e. The first-order valence-electron chi connectivity index (χ1n) is 4.94. The van der Waals surface area contributed by atoms with Crippen LogP contribution in [-0.4, -0.2) is 24.1 Å². The van der Waals surface area contributed by atoms with Crippen molar-refractivity contribution in [1.29, 1.82) is 0 Å². The second kappa shape index (κ2) is 4.49. The SMILES string of the molecule is Cc1cc(N(C)C(C)(C)CN)ncc1Br. The molecule has 0 bridgehead atoms. The average molecular weight is 272 g/mol. The van der Waals surface area contributed by atoms with Crippen LogP contribution in [0.4, 0.5) is 5.82 Å². The third-order valence-electron chi connectivity index (χ3n) is 2.78. The smallest absolute Gasteiger partial charge is 0.129 e. The Labute approximate surface area is 99.8 Å². The van der Waals surface area contributed by atoms with E-state index in [1.165, 1.54) is 5.56 Å². The van der Waals surface area contributed by atoms with Gasteiger partial charge in [0.25, 0.3) is 0 Å². The summed E-state index contributed by atoms with van der Waals surface area (Å²) in [6.07, 6.45) is 1.83. The van der Waals surface area contributed by atoms with E-state index in [9.17, 15) is 0 Å². The average Bonchev–Trinajstić information content (AvgIpc) is 2.21. The van der Waals surface area contributed by atoms with Crippen molar-refractivity contribution in [2.75, 3.05) is 18.5 Å². The zero-order chi connectivity index (χ0) is 11.6. The Morgan fingerprint density at radius 3 is 2.60 bits per heavy atom. The maximum Gasteiger partial charge on any atom is 0.129 e. The van der Waals surface area contributed by atoms with Gasteiger partial charge in [-0.25, -0.2) is 4.98 Å². The van der Waals surface area contributed by atoms with Crippen LogP contribution in [0.2, 0.25) is 0 Å². The van der Waals surface area contributed by atoms with Gasteiger partial charge in [0.1, 0.15) is 5.82 Å². The van der Waals surface area contributed by atoms with Gasteiger partial charge >= 0.3 is 0 Å². The van der Waals surface area contributed by atoms with Crippen molar-refractivity contribution < 1.29 is 0 Å². The van der Waals surface area contributed by atoms with Crippen LogP contribution in [0.25, 0.3) is 0 Å². The Hall–Kier alpha value is -0.610. The van der Waals surface area contributed by atoms with E-state index >= 15 is 0 Å². The predicted octanol–water partition coefficient (Wildman–Crippen LogP) is 2.33. The van der Waals surface area contributed by atoms with Crippen LogP contribution in [0.5, 0.6) is 0 Å². The van der Waals surface area contributed by atoms with Gasteiger partial charge in [-0.3, -0.25) is 0 Å². The maximum atomic E-state index is 5.73. The minimum atomic E-state index is -0.0761. The molecule has 0 radical (unpaired) electrons. The highest BCUT2D eigenvalue weighted by Gasteiger charge is 2.22. The van der Waals surface area contributed by atoms with E-state index in [-0.39, 0.29) is 5.54 Å². The zero-order valence-electron chi connectivity index (χ0n) is 9.71. The van der Waals surface area contributed by atoms with E-state index in [1.54, 1.807) is 0 Å². The molecule has 0 fully saturated rings. The van der Waals surface area contributed by atoms with Crippen LogP contribution in [0, 0.1) is 6.92 Å². The van der Waals surface area contributed by atoms with E-state index in [0.29, 0.717) is 6.54 Å². The number of pyridine rings is 1. The molecule has 0 saturated heterocycles. The van der Waals surface area contributed by atoms with Crippen LogP contribution in [-0.2, 0) is 0 Å². The lowest BCUT2D eigenvalue weighted by atomic mass is 10.0. The van der Waals surface area contributed by atoms with Crippen molar-refractivity contribution in [3.05, 3.63) is 22.3 Å². The molecule has 0 atom stereocenters. The van der Waals surface area contributed by atoms with E-state index in [2.05, 4.69) is 52.7 Å². The van der Waals surface area contributed by atoms with Crippen molar-refractivity contribution >= 4 is 21.7 Å². The van der Waals surface area contributed by atoms with Gasteiger partial charge in [-0.15, -0.1) is 0 Å². The highest BCUT2D eigenvalue weighted by Crippen LogP contribution is 2.23. The van der Waals surface area contributed by atoms with Gasteiger partial charge in [0.2, 0.25) is 0 Å². The fourth-order valence-electron chi connectivity index (χ4n) is 1.15. The van der Waals surface area contributed by atoms with Gasteiger partial charge in [-0.2, -0.15) is 0 Å². The van der Waals surface area contributed by atoms with E-state index in [1.807, 2.05) is 13.2 Å². The summed E-state index contributed by atoms with van der Waals surface area (Å²) < 4.78 is 1.03. The lowest BCUT2D eigenvalue weighted by Gasteiger charge is -2.35. The summed E-state index contributed by atoms with van der Waals surface area (Å²) in [5.41, 5.74) is 6.84. The van der Waals surface area contributed by atoms with Crippen LogP contribution in [0.1, 0.15) is 19.4 Å². The first-order valence-corrected chi connectivity index (χ1v) is 5.74. The Balaban J connectivity index is 3.02. The molecule has 0 aliphatic heterocycles. The summed E-state index contributed by atoms with van der Waals surface area (Å²) in [6, 6.07) is 2.06. The van der Waals surface area contributed by atoms with Crippen molar-refractivity contribution in [3.63, 3.8) is 0 Å². The van der Waals surface area contributed by atoms with Crippen molar-refractivity contribution in [2.24, 2.45) is 5.73 Å². The van der Waals surface area contributed by atoms with Crippen molar-refractivity contribution in [1.82, 2.24) is 4.98 Å². The van der Waals surface area contributed by atoms with Gasteiger partial charge in [0, 0.05) is 29.8 Å². The normalized spacial score (nSPS) is 11.6. The molecule has 2 N–H and O–H groups in total. The number of aryl methyl sites for hydroxylation is 1. The molecule has 4 heteroatoms. The van der Waals surface area contributed by atoms with Crippen LogP contribution in [0.15, 0.2) is 16.7 Å². The Kier molecular flexibility index (Phi) is 3.73. The molecule has 0 aromatic carbocycles. The van der Waals surface area contributed by atoms with Gasteiger partial charge < -0.3 is 10.6 Å². The number of rotatable bonds is 3. The predicted molar refractivity (Wildman–Crippen MR) is 68.2 cm³/mol. The molecule has 3 nitrogen and oxygen atoms in total. The molecule has 0 saturated carbocycles. The number of anilines is 1. The van der Waals surface area contributed by atoms with Gasteiger partial charge in [0.05, 0.1) is 0 Å². The lowest BCUT2D eigenvalue weighted by molar-refractivity contribution is 0.494. The number of likely N-dealkylation sites (N-methyl/N-ethyl adjacent to an activating group) is 1. The first kappa shape index (κ1) is 12.5. The second-order valence-corrected chi connectivity index (χ2v) is 5.22. The molecule has 0 aliphatic carbocycles. The zero-order valence-corrected chi connectivity index (χ0v) is 11.3. The van der Waals surface area contributed by atoms with Crippen LogP contribution >= 0.6 is 15.9 Å². The Morgan fingerprint density at radius 2 is 2.13 bits per heavy atom. The van der Waals surface area contributed by atoms with E-state index in [0.717, 1.165) is 10.3 Å². The maximum absolute atomic E-state index is 5.73. The molecule has 84 valence electrons. The molecule has 1 rings (SSSR count). The third kappa shape index (κ3) is 2.69. The number of nitrogens with zero attached hydrogens (tertiary/aromatic N) is 2. The van der Waals surface area contributed by atoms with Gasteiger partial charge in [0.15, 0.2) is 0 Å². The summed E-state index contributed by atoms with van der Waals surface area (Å²) >= 11 is 3.44. The first-order chi connectivity index (χ1) is 6.88. The monoisotopic (exact) mass is 271 g/mol. The third-order valence-corrected chi connectivity index (χ3v) is 3.61. The van der Waals surface area contributed by atoms with Crippen molar-refractivity contribution in [3.8, 4) is 0 Å². The molecule has 1 aromatic heterocycles. The highest BCUT2D eigenvalue weighted by atomic mass is 79.9. The highest BCUT2D eigenvalue weighted by molar-refractivity contribution is 9.10. The quantitative estimate of drug-likeness (QED) is 0.918. The fraction of sp³-hybridized carbons (Fsp3) is 0.545. The van der Waals surface area contributed by atoms with Gasteiger partial charge in [-0.1, -0.05) is 0 Å². The van der Waals surface area contributed by atoms with Crippen LogP contribution < -0.4 is 10.6 Å². The van der Waals surface area contributed by atoms with E-state index in [4.69, 9.17) is 5.73 Å². The van der Waals surface area contributed by atoms with E-state index < -0.39 is 0 Å². The number of hydrogen-bond donors (Lipinski definition) is 1. The summed E-state index contributed by atoms with van der Waals surface area (Å²) in [4.78, 5) is 6.48. The molecule has 0 aliphatic rings. The summed E-state index contributed by atoms with van der Waals surface area (Å²) in [7, 11) is 2.02. The lowest BCUT2D eigenvalue weighted by Crippen LogP contribution is -2.47. The summed E-state index contributed by atoms with van der Waals surface area (Å²) in [6.45, 7) is 6.86. The summed E-state index contributed by atoms with van der Waals surface area (Å²) in [5.74, 6) is 0.950. The minimum Gasteiger partial charge on any atom is -0.353 e. The molecule has 0 spiro atoms. The second-order valence-electron chi connectivity index (χ2n) is 4.37. The fourth-order valence-corrected chi connectivity index (χ4v) is 1.37. The molecular weight excluding hydrogens is 254 g/mol. The summed E-state index contributed by atoms with van der Waals surface area (Å²) in [5, 5.41) is 0. The molecule has 1 heterocycles. The topological polar surface area (TPSA) is 42.1 Å². The standard InChI is InChI=1S/C11H18BrN3/c1-8-5-10(14-6-9(8)12)15(4)11(2,3)7-13/h5-6H,7,13H2,1-4H3. The molecule has 1 aromatic rings. The number of hydrogen-bond acceptors (Lipinski definition) is 3. The number of nitrogens with two attached hydrogens (primary N) is 1. The number of halogens is 1. The number of aromatic nitrogens is 1.